The molecule has 124 valence electrons. The third-order valence-electron chi connectivity index (χ3n) is 5.58. The smallest absolute Gasteiger partial charge is 0.0987 e. The molecule has 2 heteroatoms. The van der Waals surface area contributed by atoms with Gasteiger partial charge in [0.2, 0.25) is 0 Å². The largest absolute Gasteiger partial charge is 0.471 e. The van der Waals surface area contributed by atoms with E-state index >= 15 is 0 Å². The summed E-state index contributed by atoms with van der Waals surface area (Å²) in [5.74, 6) is 0. The second-order valence-corrected chi connectivity index (χ2v) is 7.07. The van der Waals surface area contributed by atoms with Crippen LogP contribution >= 0.6 is 0 Å². The Kier molecular flexibility index (Phi) is 3.39. The molecule has 1 aromatic heterocycles. The van der Waals surface area contributed by atoms with Crippen molar-refractivity contribution in [1.29, 1.82) is 0 Å². The minimum atomic E-state index is 1.14. The molecule has 0 spiro atoms. The molecular weight excluding hydrogens is 306 g/mol. The minimum absolute atomic E-state index is 1.14. The zero-order valence-corrected chi connectivity index (χ0v) is 14.5. The summed E-state index contributed by atoms with van der Waals surface area (Å²) in [7, 11) is 2.22. The molecule has 0 atom stereocenters. The number of piperidine rings is 1. The van der Waals surface area contributed by atoms with Gasteiger partial charge in [-0.05, 0) is 47.7 Å². The van der Waals surface area contributed by atoms with Crippen molar-refractivity contribution in [2.45, 2.75) is 12.8 Å². The highest BCUT2D eigenvalue weighted by Crippen LogP contribution is 2.47. The molecular formula is C23H21NO. The fourth-order valence-corrected chi connectivity index (χ4v) is 4.25. The van der Waals surface area contributed by atoms with Crippen LogP contribution in [0.25, 0.3) is 27.8 Å². The second-order valence-electron chi connectivity index (χ2n) is 7.07. The van der Waals surface area contributed by atoms with E-state index in [0.29, 0.717) is 0 Å². The molecule has 2 aliphatic rings. The van der Waals surface area contributed by atoms with Crippen LogP contribution in [0.3, 0.4) is 0 Å². The zero-order chi connectivity index (χ0) is 16.8. The summed E-state index contributed by atoms with van der Waals surface area (Å²) in [4.78, 5) is 2.42. The topological polar surface area (TPSA) is 16.4 Å². The van der Waals surface area contributed by atoms with Crippen LogP contribution in [0.4, 0.5) is 0 Å². The molecule has 0 radical (unpaired) electrons. The average molecular weight is 327 g/mol. The summed E-state index contributed by atoms with van der Waals surface area (Å²) in [6.45, 7) is 2.27. The van der Waals surface area contributed by atoms with E-state index in [1.807, 2.05) is 12.5 Å². The normalized spacial score (nSPS) is 16.8. The minimum Gasteiger partial charge on any atom is -0.471 e. The first-order chi connectivity index (χ1) is 12.3. The molecule has 5 rings (SSSR count). The lowest BCUT2D eigenvalue weighted by Crippen LogP contribution is -2.27. The molecule has 0 bridgehead atoms. The van der Waals surface area contributed by atoms with Gasteiger partial charge in [0.05, 0.1) is 12.5 Å². The van der Waals surface area contributed by atoms with Crippen molar-refractivity contribution in [3.63, 3.8) is 0 Å². The molecule has 2 heterocycles. The Balaban J connectivity index is 1.86. The number of rotatable bonds is 0. The predicted molar refractivity (Wildman–Crippen MR) is 102 cm³/mol. The number of benzene rings is 2. The Bertz CT molecular complexity index is 905. The monoisotopic (exact) mass is 327 g/mol. The van der Waals surface area contributed by atoms with Crippen molar-refractivity contribution in [2.75, 3.05) is 20.1 Å². The van der Waals surface area contributed by atoms with Gasteiger partial charge in [-0.15, -0.1) is 0 Å². The molecule has 0 amide bonds. The number of fused-ring (bicyclic) bond motifs is 5. The summed E-state index contributed by atoms with van der Waals surface area (Å²) < 4.78 is 5.61. The highest BCUT2D eigenvalue weighted by atomic mass is 16.3. The Hall–Kier alpha value is -2.58. The Morgan fingerprint density at radius 1 is 0.680 bits per heavy atom. The van der Waals surface area contributed by atoms with Crippen LogP contribution in [-0.4, -0.2) is 25.0 Å². The van der Waals surface area contributed by atoms with Gasteiger partial charge in [-0.3, -0.25) is 0 Å². The van der Waals surface area contributed by atoms with Crippen molar-refractivity contribution in [1.82, 2.24) is 4.90 Å². The van der Waals surface area contributed by atoms with Crippen molar-refractivity contribution < 1.29 is 4.42 Å². The van der Waals surface area contributed by atoms with Gasteiger partial charge in [-0.2, -0.15) is 0 Å². The van der Waals surface area contributed by atoms with Crippen LogP contribution in [0.1, 0.15) is 24.0 Å². The maximum Gasteiger partial charge on any atom is 0.0987 e. The number of furan rings is 1. The van der Waals surface area contributed by atoms with Crippen LogP contribution in [0, 0.1) is 0 Å². The van der Waals surface area contributed by atoms with E-state index in [4.69, 9.17) is 4.42 Å². The third kappa shape index (κ3) is 2.29. The zero-order valence-electron chi connectivity index (χ0n) is 14.5. The molecule has 1 aliphatic heterocycles. The van der Waals surface area contributed by atoms with Crippen LogP contribution < -0.4 is 0 Å². The van der Waals surface area contributed by atoms with Crippen LogP contribution in [0.2, 0.25) is 0 Å². The Morgan fingerprint density at radius 3 is 1.68 bits per heavy atom. The lowest BCUT2D eigenvalue weighted by atomic mass is 9.86. The first-order valence-electron chi connectivity index (χ1n) is 8.99. The van der Waals surface area contributed by atoms with Gasteiger partial charge in [-0.25, -0.2) is 0 Å². The maximum atomic E-state index is 5.61. The van der Waals surface area contributed by atoms with E-state index in [1.165, 1.54) is 39.0 Å². The average Bonchev–Trinajstić information content (AvgIpc) is 3.10. The number of likely N-dealkylation sites (tertiary alicyclic amines) is 1. The van der Waals surface area contributed by atoms with Crippen LogP contribution in [-0.2, 0) is 0 Å². The van der Waals surface area contributed by atoms with E-state index < -0.39 is 0 Å². The van der Waals surface area contributed by atoms with Gasteiger partial charge in [0.15, 0.2) is 0 Å². The van der Waals surface area contributed by atoms with Gasteiger partial charge >= 0.3 is 0 Å². The van der Waals surface area contributed by atoms with Gasteiger partial charge in [0.1, 0.15) is 0 Å². The predicted octanol–water partition coefficient (Wildman–Crippen LogP) is 5.45. The van der Waals surface area contributed by atoms with Gasteiger partial charge in [0, 0.05) is 24.2 Å². The number of nitrogens with zero attached hydrogens (tertiary/aromatic N) is 1. The maximum absolute atomic E-state index is 5.61. The van der Waals surface area contributed by atoms with Crippen molar-refractivity contribution >= 4 is 5.57 Å². The lowest BCUT2D eigenvalue weighted by molar-refractivity contribution is 0.313. The van der Waals surface area contributed by atoms with Crippen LogP contribution in [0.15, 0.2) is 71.0 Å². The molecule has 2 nitrogen and oxygen atoms in total. The number of hydrogen-bond donors (Lipinski definition) is 0. The molecule has 1 saturated heterocycles. The highest BCUT2D eigenvalue weighted by Gasteiger charge is 2.26. The SMILES string of the molecule is CN1CCC(=C2c3ccccc3-c3cocc3-c3ccccc32)CC1. The summed E-state index contributed by atoms with van der Waals surface area (Å²) in [5, 5.41) is 0. The molecule has 0 saturated carbocycles. The Morgan fingerprint density at radius 2 is 1.16 bits per heavy atom. The van der Waals surface area contributed by atoms with Gasteiger partial charge in [0.25, 0.3) is 0 Å². The molecule has 3 aromatic rings. The highest BCUT2D eigenvalue weighted by molar-refractivity contribution is 6.02. The Labute approximate surface area is 148 Å². The van der Waals surface area contributed by atoms with E-state index in [9.17, 15) is 0 Å². The lowest BCUT2D eigenvalue weighted by Gasteiger charge is -2.27. The van der Waals surface area contributed by atoms with Crippen molar-refractivity contribution in [3.05, 3.63) is 77.8 Å². The van der Waals surface area contributed by atoms with E-state index in [0.717, 1.165) is 25.9 Å². The quantitative estimate of drug-likeness (QED) is 0.427. The molecule has 2 aromatic carbocycles. The van der Waals surface area contributed by atoms with Gasteiger partial charge in [-0.1, -0.05) is 54.1 Å². The second kappa shape index (κ2) is 5.75. The molecule has 25 heavy (non-hydrogen) atoms. The van der Waals surface area contributed by atoms with Gasteiger partial charge < -0.3 is 9.32 Å². The number of hydrogen-bond acceptors (Lipinski definition) is 2. The summed E-state index contributed by atoms with van der Waals surface area (Å²) in [6, 6.07) is 17.6. The first kappa shape index (κ1) is 14.7. The van der Waals surface area contributed by atoms with Crippen LogP contribution in [0.5, 0.6) is 0 Å². The van der Waals surface area contributed by atoms with E-state index in [2.05, 4.69) is 60.5 Å². The standard InChI is InChI=1S/C23H21NO/c1-24-12-10-16(11-13-24)23-19-8-4-2-6-17(19)21-14-25-15-22(21)18-7-3-5-9-20(18)23/h2-9,14-15H,10-13H2,1H3. The third-order valence-corrected chi connectivity index (χ3v) is 5.58. The van der Waals surface area contributed by atoms with E-state index in [-0.39, 0.29) is 0 Å². The molecule has 1 aliphatic carbocycles. The first-order valence-corrected chi connectivity index (χ1v) is 8.99. The molecule has 0 unspecified atom stereocenters. The fraction of sp³-hybridized carbons (Fsp3) is 0.217. The molecule has 1 fully saturated rings. The van der Waals surface area contributed by atoms with Crippen molar-refractivity contribution in [3.8, 4) is 22.3 Å². The van der Waals surface area contributed by atoms with Crippen molar-refractivity contribution in [2.24, 2.45) is 0 Å². The summed E-state index contributed by atoms with van der Waals surface area (Å²) in [6.07, 6.45) is 6.08. The molecule has 0 N–H and O–H groups in total. The fourth-order valence-electron chi connectivity index (χ4n) is 4.25. The summed E-state index contributed by atoms with van der Waals surface area (Å²) >= 11 is 0. The summed E-state index contributed by atoms with van der Waals surface area (Å²) in [5.41, 5.74) is 10.7. The van der Waals surface area contributed by atoms with E-state index in [1.54, 1.807) is 5.57 Å².